The van der Waals surface area contributed by atoms with E-state index in [1.54, 1.807) is 11.3 Å². The van der Waals surface area contributed by atoms with Crippen molar-refractivity contribution >= 4 is 11.3 Å². The molecule has 1 aromatic heterocycles. The summed E-state index contributed by atoms with van der Waals surface area (Å²) in [6, 6.07) is 9.09. The molecule has 102 valence electrons. The smallest absolute Gasteiger partial charge is 0.0898 e. The van der Waals surface area contributed by atoms with Gasteiger partial charge >= 0.3 is 0 Å². The fraction of sp³-hybridized carbons (Fsp3) is 0.438. The summed E-state index contributed by atoms with van der Waals surface area (Å²) >= 11 is 1.72. The van der Waals surface area contributed by atoms with E-state index in [1.807, 2.05) is 0 Å². The first-order valence-electron chi connectivity index (χ1n) is 6.98. The van der Waals surface area contributed by atoms with E-state index in [2.05, 4.69) is 60.7 Å². The molecule has 0 saturated heterocycles. The summed E-state index contributed by atoms with van der Waals surface area (Å²) in [4.78, 5) is 4.64. The maximum atomic E-state index is 4.64. The predicted octanol–water partition coefficient (Wildman–Crippen LogP) is 4.10. The number of hydrogen-bond donors (Lipinski definition) is 1. The number of aryl methyl sites for hydroxylation is 2. The molecule has 1 N–H and O–H groups in total. The number of thiazole rings is 1. The van der Waals surface area contributed by atoms with Crippen molar-refractivity contribution in [2.24, 2.45) is 0 Å². The van der Waals surface area contributed by atoms with E-state index in [0.717, 1.165) is 23.7 Å². The van der Waals surface area contributed by atoms with Gasteiger partial charge in [0.1, 0.15) is 0 Å². The van der Waals surface area contributed by atoms with Crippen molar-refractivity contribution < 1.29 is 0 Å². The van der Waals surface area contributed by atoms with Gasteiger partial charge in [0.2, 0.25) is 0 Å². The minimum atomic E-state index is 0.215. The van der Waals surface area contributed by atoms with Gasteiger partial charge in [-0.1, -0.05) is 44.5 Å². The summed E-state index contributed by atoms with van der Waals surface area (Å²) < 4.78 is 0. The molecule has 0 amide bonds. The number of rotatable bonds is 6. The quantitative estimate of drug-likeness (QED) is 0.857. The summed E-state index contributed by atoms with van der Waals surface area (Å²) in [6.45, 7) is 7.37. The number of benzene rings is 1. The maximum absolute atomic E-state index is 4.64. The highest BCUT2D eigenvalue weighted by Gasteiger charge is 2.15. The van der Waals surface area contributed by atoms with Crippen molar-refractivity contribution in [3.8, 4) is 0 Å². The average Bonchev–Trinajstić information content (AvgIpc) is 2.83. The van der Waals surface area contributed by atoms with E-state index in [0.29, 0.717) is 0 Å². The Morgan fingerprint density at radius 1 is 1.32 bits per heavy atom. The highest BCUT2D eigenvalue weighted by Crippen LogP contribution is 2.24. The van der Waals surface area contributed by atoms with Gasteiger partial charge in [-0.25, -0.2) is 4.98 Å². The van der Waals surface area contributed by atoms with E-state index < -0.39 is 0 Å². The lowest BCUT2D eigenvalue weighted by atomic mass is 10.00. The lowest BCUT2D eigenvalue weighted by Gasteiger charge is -2.17. The van der Waals surface area contributed by atoms with Crippen molar-refractivity contribution in [3.05, 3.63) is 51.5 Å². The van der Waals surface area contributed by atoms with E-state index in [9.17, 15) is 0 Å². The largest absolute Gasteiger partial charge is 0.305 e. The predicted molar refractivity (Wildman–Crippen MR) is 82.8 cm³/mol. The molecule has 2 aromatic rings. The second-order valence-electron chi connectivity index (χ2n) is 4.78. The van der Waals surface area contributed by atoms with Gasteiger partial charge < -0.3 is 5.32 Å². The minimum Gasteiger partial charge on any atom is -0.305 e. The summed E-state index contributed by atoms with van der Waals surface area (Å²) in [7, 11) is 0. The monoisotopic (exact) mass is 274 g/mol. The Kier molecular flexibility index (Phi) is 5.11. The standard InChI is InChI=1S/C16H22N2S/c1-4-7-13-8-6-9-14(10-13)16(17-5-2)15-11-19-12(3)18-15/h6,8-11,16-17H,4-5,7H2,1-3H3. The fourth-order valence-corrected chi connectivity index (χ4v) is 2.97. The van der Waals surface area contributed by atoms with Crippen LogP contribution in [0, 0.1) is 6.92 Å². The van der Waals surface area contributed by atoms with Gasteiger partial charge in [-0.05, 0) is 31.0 Å². The molecule has 3 heteroatoms. The molecule has 0 fully saturated rings. The van der Waals surface area contributed by atoms with Gasteiger partial charge in [0.15, 0.2) is 0 Å². The van der Waals surface area contributed by atoms with E-state index in [-0.39, 0.29) is 6.04 Å². The lowest BCUT2D eigenvalue weighted by Crippen LogP contribution is -2.22. The third-order valence-corrected chi connectivity index (χ3v) is 3.96. The van der Waals surface area contributed by atoms with Crippen molar-refractivity contribution in [1.29, 1.82) is 0 Å². The molecule has 1 heterocycles. The van der Waals surface area contributed by atoms with Gasteiger partial charge in [-0.2, -0.15) is 0 Å². The van der Waals surface area contributed by atoms with Gasteiger partial charge in [0.25, 0.3) is 0 Å². The molecule has 0 bridgehead atoms. The Bertz CT molecular complexity index is 519. The normalized spacial score (nSPS) is 12.6. The third kappa shape index (κ3) is 3.64. The van der Waals surface area contributed by atoms with Crippen LogP contribution in [0.25, 0.3) is 0 Å². The molecule has 2 rings (SSSR count). The second-order valence-corrected chi connectivity index (χ2v) is 5.84. The third-order valence-electron chi connectivity index (χ3n) is 3.16. The maximum Gasteiger partial charge on any atom is 0.0898 e. The Morgan fingerprint density at radius 3 is 2.79 bits per heavy atom. The Balaban J connectivity index is 2.30. The van der Waals surface area contributed by atoms with Crippen LogP contribution in [-0.4, -0.2) is 11.5 Å². The molecule has 1 aromatic carbocycles. The highest BCUT2D eigenvalue weighted by molar-refractivity contribution is 7.09. The van der Waals surface area contributed by atoms with Gasteiger partial charge in [-0.3, -0.25) is 0 Å². The Labute approximate surface area is 119 Å². The molecule has 0 radical (unpaired) electrons. The highest BCUT2D eigenvalue weighted by atomic mass is 32.1. The molecule has 0 aliphatic heterocycles. The van der Waals surface area contributed by atoms with Crippen molar-refractivity contribution in [3.63, 3.8) is 0 Å². The van der Waals surface area contributed by atoms with Gasteiger partial charge in [-0.15, -0.1) is 11.3 Å². The lowest BCUT2D eigenvalue weighted by molar-refractivity contribution is 0.617. The van der Waals surface area contributed by atoms with Crippen LogP contribution in [0.1, 0.15) is 48.1 Å². The molecule has 0 aliphatic carbocycles. The van der Waals surface area contributed by atoms with Crippen molar-refractivity contribution in [1.82, 2.24) is 10.3 Å². The SMILES string of the molecule is CCCc1cccc(C(NCC)c2csc(C)n2)c1. The van der Waals surface area contributed by atoms with Crippen LogP contribution in [-0.2, 0) is 6.42 Å². The number of nitrogens with one attached hydrogen (secondary N) is 1. The van der Waals surface area contributed by atoms with Crippen LogP contribution >= 0.6 is 11.3 Å². The molecule has 0 saturated carbocycles. The first-order valence-corrected chi connectivity index (χ1v) is 7.86. The Morgan fingerprint density at radius 2 is 2.16 bits per heavy atom. The van der Waals surface area contributed by atoms with E-state index >= 15 is 0 Å². The molecule has 1 atom stereocenters. The van der Waals surface area contributed by atoms with E-state index in [1.165, 1.54) is 17.5 Å². The summed E-state index contributed by atoms with van der Waals surface area (Å²) in [5, 5.41) is 6.83. The zero-order valence-electron chi connectivity index (χ0n) is 11.9. The zero-order chi connectivity index (χ0) is 13.7. The second kappa shape index (κ2) is 6.83. The summed E-state index contributed by atoms with van der Waals surface area (Å²) in [6.07, 6.45) is 2.33. The first kappa shape index (κ1) is 14.2. The van der Waals surface area contributed by atoms with Crippen LogP contribution in [0.4, 0.5) is 0 Å². The topological polar surface area (TPSA) is 24.9 Å². The molecule has 19 heavy (non-hydrogen) atoms. The number of nitrogens with zero attached hydrogens (tertiary/aromatic N) is 1. The molecular formula is C16H22N2S. The zero-order valence-corrected chi connectivity index (χ0v) is 12.8. The number of aromatic nitrogens is 1. The summed E-state index contributed by atoms with van der Waals surface area (Å²) in [5.41, 5.74) is 3.87. The van der Waals surface area contributed by atoms with Crippen LogP contribution in [0.15, 0.2) is 29.6 Å². The first-order chi connectivity index (χ1) is 9.24. The fourth-order valence-electron chi connectivity index (χ4n) is 2.33. The molecular weight excluding hydrogens is 252 g/mol. The van der Waals surface area contributed by atoms with Crippen LogP contribution < -0.4 is 5.32 Å². The molecule has 0 aliphatic rings. The van der Waals surface area contributed by atoms with Crippen LogP contribution in [0.3, 0.4) is 0 Å². The Hall–Kier alpha value is -1.19. The van der Waals surface area contributed by atoms with E-state index in [4.69, 9.17) is 0 Å². The van der Waals surface area contributed by atoms with Gasteiger partial charge in [0.05, 0.1) is 16.7 Å². The minimum absolute atomic E-state index is 0.215. The molecule has 0 spiro atoms. The molecule has 2 nitrogen and oxygen atoms in total. The van der Waals surface area contributed by atoms with Crippen molar-refractivity contribution in [2.75, 3.05) is 6.54 Å². The van der Waals surface area contributed by atoms with Gasteiger partial charge in [0, 0.05) is 5.38 Å². The van der Waals surface area contributed by atoms with Crippen LogP contribution in [0.5, 0.6) is 0 Å². The molecule has 1 unspecified atom stereocenters. The summed E-state index contributed by atoms with van der Waals surface area (Å²) in [5.74, 6) is 0. The van der Waals surface area contributed by atoms with Crippen molar-refractivity contribution in [2.45, 2.75) is 39.7 Å². The number of hydrogen-bond acceptors (Lipinski definition) is 3. The average molecular weight is 274 g/mol. The van der Waals surface area contributed by atoms with Crippen LogP contribution in [0.2, 0.25) is 0 Å².